The highest BCUT2D eigenvalue weighted by atomic mass is 32.2. The number of hydrogen-bond donors (Lipinski definition) is 0. The Morgan fingerprint density at radius 2 is 1.96 bits per heavy atom. The molecule has 4 heterocycles. The van der Waals surface area contributed by atoms with E-state index >= 15 is 0 Å². The summed E-state index contributed by atoms with van der Waals surface area (Å²) in [6, 6.07) is 3.77. The average molecular weight is 415 g/mol. The fourth-order valence-electron chi connectivity index (χ4n) is 3.65. The number of pyridine rings is 1. The van der Waals surface area contributed by atoms with Crippen molar-refractivity contribution in [2.45, 2.75) is 39.7 Å². The van der Waals surface area contributed by atoms with Gasteiger partial charge in [-0.05, 0) is 51.3 Å². The van der Waals surface area contributed by atoms with E-state index in [0.29, 0.717) is 26.3 Å². The Morgan fingerprint density at radius 3 is 2.61 bits per heavy atom. The lowest BCUT2D eigenvalue weighted by Crippen LogP contribution is -2.34. The zero-order chi connectivity index (χ0) is 20.0. The summed E-state index contributed by atoms with van der Waals surface area (Å²) < 4.78 is 2.09. The molecule has 0 aliphatic carbocycles. The second kappa shape index (κ2) is 7.33. The van der Waals surface area contributed by atoms with Gasteiger partial charge in [0.2, 0.25) is 0 Å². The van der Waals surface area contributed by atoms with Gasteiger partial charge in [0, 0.05) is 25.3 Å². The summed E-state index contributed by atoms with van der Waals surface area (Å²) in [5, 5.41) is 0. The van der Waals surface area contributed by atoms with E-state index < -0.39 is 0 Å². The number of carbonyl (C=O) groups excluding carboxylic acids is 1. The Hall–Kier alpha value is -2.19. The van der Waals surface area contributed by atoms with E-state index in [0.717, 1.165) is 31.5 Å². The smallest absolute Gasteiger partial charge is 0.267 e. The number of anilines is 1. The lowest BCUT2D eigenvalue weighted by Gasteiger charge is -2.20. The van der Waals surface area contributed by atoms with E-state index in [1.807, 2.05) is 32.9 Å². The molecule has 0 N–H and O–H groups in total. The molecule has 0 atom stereocenters. The Bertz CT molecular complexity index is 1070. The van der Waals surface area contributed by atoms with Gasteiger partial charge in [-0.2, -0.15) is 0 Å². The fourth-order valence-corrected chi connectivity index (χ4v) is 5.16. The first kappa shape index (κ1) is 19.1. The van der Waals surface area contributed by atoms with Crippen molar-refractivity contribution in [1.82, 2.24) is 14.3 Å². The molecule has 1 amide bonds. The molecule has 0 bridgehead atoms. The Kier molecular flexibility index (Phi) is 5.01. The minimum Gasteiger partial charge on any atom is -0.356 e. The van der Waals surface area contributed by atoms with Gasteiger partial charge >= 0.3 is 0 Å². The molecule has 2 aromatic rings. The highest BCUT2D eigenvalue weighted by Gasteiger charge is 2.34. The maximum Gasteiger partial charge on any atom is 0.267 e. The molecule has 2 aliphatic heterocycles. The minimum absolute atomic E-state index is 0.0186. The first-order chi connectivity index (χ1) is 13.4. The third-order valence-electron chi connectivity index (χ3n) is 5.09. The van der Waals surface area contributed by atoms with Gasteiger partial charge in [0.05, 0.1) is 10.5 Å². The first-order valence-electron chi connectivity index (χ1n) is 9.42. The van der Waals surface area contributed by atoms with Crippen molar-refractivity contribution in [3.05, 3.63) is 44.7 Å². The van der Waals surface area contributed by atoms with Crippen LogP contribution >= 0.6 is 24.0 Å². The van der Waals surface area contributed by atoms with Gasteiger partial charge in [-0.1, -0.05) is 30.0 Å². The standard InChI is InChI=1S/C20H22N4O2S2/c1-12(2)24-19(26)15(28-20(24)27)11-14-17(22-8-4-5-9-22)21-16-13(3)7-6-10-23(16)18(14)25/h6-7,10-12H,4-5,8-9H2,1-3H3/b15-11-. The predicted molar refractivity (Wildman–Crippen MR) is 118 cm³/mol. The van der Waals surface area contributed by atoms with E-state index in [2.05, 4.69) is 4.90 Å². The van der Waals surface area contributed by atoms with E-state index in [4.69, 9.17) is 17.2 Å². The molecule has 2 aliphatic rings. The molecule has 0 spiro atoms. The quantitative estimate of drug-likeness (QED) is 0.568. The van der Waals surface area contributed by atoms with Crippen LogP contribution in [0.15, 0.2) is 28.0 Å². The molecule has 0 radical (unpaired) electrons. The summed E-state index contributed by atoms with van der Waals surface area (Å²) in [5.74, 6) is 0.512. The van der Waals surface area contributed by atoms with E-state index in [9.17, 15) is 9.59 Å². The molecule has 2 saturated heterocycles. The summed E-state index contributed by atoms with van der Waals surface area (Å²) >= 11 is 6.62. The van der Waals surface area contributed by atoms with Crippen molar-refractivity contribution in [2.24, 2.45) is 0 Å². The second-order valence-electron chi connectivity index (χ2n) is 7.38. The van der Waals surface area contributed by atoms with Crippen molar-refractivity contribution < 1.29 is 4.79 Å². The lowest BCUT2D eigenvalue weighted by molar-refractivity contribution is -0.123. The molecular weight excluding hydrogens is 392 g/mol. The SMILES string of the molecule is Cc1cccn2c(=O)c(/C=C3\SC(=S)N(C(C)C)C3=O)c(N3CCCC3)nc12. The van der Waals surface area contributed by atoms with Gasteiger partial charge in [-0.15, -0.1) is 0 Å². The molecule has 0 aromatic carbocycles. The number of thioether (sulfide) groups is 1. The molecule has 2 fully saturated rings. The van der Waals surface area contributed by atoms with Crippen LogP contribution in [0.3, 0.4) is 0 Å². The van der Waals surface area contributed by atoms with Gasteiger partial charge in [-0.25, -0.2) is 4.98 Å². The number of nitrogens with zero attached hydrogens (tertiary/aromatic N) is 4. The normalized spacial score (nSPS) is 19.1. The molecule has 8 heteroatoms. The minimum atomic E-state index is -0.162. The number of thiocarbonyl (C=S) groups is 1. The molecule has 2 aromatic heterocycles. The van der Waals surface area contributed by atoms with Crippen LogP contribution in [-0.2, 0) is 4.79 Å². The third-order valence-corrected chi connectivity index (χ3v) is 6.42. The largest absolute Gasteiger partial charge is 0.356 e. The van der Waals surface area contributed by atoms with Gasteiger partial charge in [0.25, 0.3) is 11.5 Å². The van der Waals surface area contributed by atoms with Gasteiger partial charge in [0.1, 0.15) is 15.8 Å². The zero-order valence-electron chi connectivity index (χ0n) is 16.1. The number of aromatic nitrogens is 2. The van der Waals surface area contributed by atoms with Crippen LogP contribution in [0.2, 0.25) is 0 Å². The van der Waals surface area contributed by atoms with Gasteiger partial charge in [0.15, 0.2) is 0 Å². The Morgan fingerprint density at radius 1 is 1.25 bits per heavy atom. The van der Waals surface area contributed by atoms with Crippen LogP contribution in [0.4, 0.5) is 5.82 Å². The fraction of sp³-hybridized carbons (Fsp3) is 0.400. The molecule has 6 nitrogen and oxygen atoms in total. The van der Waals surface area contributed by atoms with Crippen LogP contribution in [0.1, 0.15) is 37.8 Å². The predicted octanol–water partition coefficient (Wildman–Crippen LogP) is 3.21. The zero-order valence-corrected chi connectivity index (χ0v) is 17.8. The third kappa shape index (κ3) is 3.14. The van der Waals surface area contributed by atoms with Crippen LogP contribution in [0.5, 0.6) is 0 Å². The van der Waals surface area contributed by atoms with Crippen LogP contribution in [0, 0.1) is 6.92 Å². The molecule has 28 heavy (non-hydrogen) atoms. The Labute approximate surface area is 173 Å². The van der Waals surface area contributed by atoms with Crippen LogP contribution in [0.25, 0.3) is 11.7 Å². The lowest BCUT2D eigenvalue weighted by atomic mass is 10.2. The van der Waals surface area contributed by atoms with Crippen LogP contribution in [-0.4, -0.2) is 43.6 Å². The van der Waals surface area contributed by atoms with E-state index in [-0.39, 0.29) is 17.5 Å². The molecule has 4 rings (SSSR count). The Balaban J connectivity index is 1.92. The topological polar surface area (TPSA) is 57.9 Å². The van der Waals surface area contributed by atoms with Crippen LogP contribution < -0.4 is 10.5 Å². The molecular formula is C20H22N4O2S2. The summed E-state index contributed by atoms with van der Waals surface area (Å²) in [4.78, 5) is 35.2. The van der Waals surface area contributed by atoms with Crippen molar-refractivity contribution in [3.8, 4) is 0 Å². The van der Waals surface area contributed by atoms with Crippen molar-refractivity contribution in [2.75, 3.05) is 18.0 Å². The molecule has 0 unspecified atom stereocenters. The van der Waals surface area contributed by atoms with E-state index in [1.165, 1.54) is 11.8 Å². The van der Waals surface area contributed by atoms with Gasteiger partial charge < -0.3 is 4.90 Å². The monoisotopic (exact) mass is 414 g/mol. The highest BCUT2D eigenvalue weighted by molar-refractivity contribution is 8.26. The van der Waals surface area contributed by atoms with Gasteiger partial charge in [-0.3, -0.25) is 18.9 Å². The van der Waals surface area contributed by atoms with Crippen molar-refractivity contribution in [3.63, 3.8) is 0 Å². The summed E-state index contributed by atoms with van der Waals surface area (Å²) in [6.45, 7) is 7.53. The number of rotatable bonds is 3. The summed E-state index contributed by atoms with van der Waals surface area (Å²) in [5.41, 5.74) is 1.89. The van der Waals surface area contributed by atoms with E-state index in [1.54, 1.807) is 21.6 Å². The summed E-state index contributed by atoms with van der Waals surface area (Å²) in [6.07, 6.45) is 5.55. The number of amides is 1. The number of aryl methyl sites for hydroxylation is 1. The molecule has 0 saturated carbocycles. The maximum atomic E-state index is 13.3. The summed E-state index contributed by atoms with van der Waals surface area (Å²) in [7, 11) is 0. The molecule has 146 valence electrons. The first-order valence-corrected chi connectivity index (χ1v) is 10.6. The van der Waals surface area contributed by atoms with Crippen molar-refractivity contribution in [1.29, 1.82) is 0 Å². The number of hydrogen-bond acceptors (Lipinski definition) is 6. The number of fused-ring (bicyclic) bond motifs is 1. The highest BCUT2D eigenvalue weighted by Crippen LogP contribution is 2.35. The average Bonchev–Trinajstić information content (AvgIpc) is 3.26. The van der Waals surface area contributed by atoms with Crippen molar-refractivity contribution >= 4 is 51.7 Å². The second-order valence-corrected chi connectivity index (χ2v) is 9.05. The maximum absolute atomic E-state index is 13.3. The number of carbonyl (C=O) groups is 1.